The molecule has 176 valence electrons. The van der Waals surface area contributed by atoms with Crippen LogP contribution < -0.4 is 10.2 Å². The minimum absolute atomic E-state index is 0.114. The van der Waals surface area contributed by atoms with Crippen molar-refractivity contribution in [2.24, 2.45) is 0 Å². The van der Waals surface area contributed by atoms with Crippen molar-refractivity contribution < 1.29 is 9.59 Å². The quantitative estimate of drug-likeness (QED) is 0.459. The van der Waals surface area contributed by atoms with Crippen LogP contribution in [0, 0.1) is 0 Å². The van der Waals surface area contributed by atoms with Crippen molar-refractivity contribution in [1.29, 1.82) is 0 Å². The van der Waals surface area contributed by atoms with Crippen molar-refractivity contribution in [2.45, 2.75) is 39.3 Å². The number of thiazole rings is 1. The normalized spacial score (nSPS) is 14.3. The van der Waals surface area contributed by atoms with Gasteiger partial charge in [0.25, 0.3) is 0 Å². The zero-order chi connectivity index (χ0) is 23.8. The molecule has 4 rings (SSSR count). The van der Waals surface area contributed by atoms with E-state index in [9.17, 15) is 9.59 Å². The Labute approximate surface area is 204 Å². The number of likely N-dealkylation sites (tertiary alicyclic amines) is 1. The Balaban J connectivity index is 1.35. The number of amides is 2. The second-order valence-corrected chi connectivity index (χ2v) is 9.24. The van der Waals surface area contributed by atoms with Crippen molar-refractivity contribution >= 4 is 40.0 Å². The maximum Gasteiger partial charge on any atom is 0.244 e. The summed E-state index contributed by atoms with van der Waals surface area (Å²) in [4.78, 5) is 33.3. The van der Waals surface area contributed by atoms with E-state index in [0.29, 0.717) is 17.4 Å². The first-order valence-corrected chi connectivity index (χ1v) is 12.5. The lowest BCUT2D eigenvalue weighted by atomic mass is 10.0. The molecule has 0 saturated carbocycles. The van der Waals surface area contributed by atoms with E-state index in [2.05, 4.69) is 33.4 Å². The van der Waals surface area contributed by atoms with Crippen molar-refractivity contribution in [2.75, 3.05) is 18.0 Å². The summed E-state index contributed by atoms with van der Waals surface area (Å²) in [5, 5.41) is 5.40. The number of aromatic nitrogens is 1. The Bertz CT molecular complexity index is 1140. The number of anilines is 2. The standard InChI is InChI=1S/C27H30N4O2S/c1-21(32)31(25-12-4-2-5-13-25)27-29-24(20-34-27)14-15-26(33)28-18-22-10-6-7-11-23(22)19-30-16-8-3-9-17-30/h2,4-7,10-15,20H,3,8-9,16-19H2,1H3,(H,28,33)/b15-14+. The first kappa shape index (κ1) is 23.9. The van der Waals surface area contributed by atoms with Crippen molar-refractivity contribution in [3.63, 3.8) is 0 Å². The Morgan fingerprint density at radius 2 is 1.74 bits per heavy atom. The number of hydrogen-bond donors (Lipinski definition) is 1. The van der Waals surface area contributed by atoms with Gasteiger partial charge in [0.2, 0.25) is 11.8 Å². The second-order valence-electron chi connectivity index (χ2n) is 8.40. The predicted molar refractivity (Wildman–Crippen MR) is 138 cm³/mol. The number of nitrogens with zero attached hydrogens (tertiary/aromatic N) is 3. The van der Waals surface area contributed by atoms with Crippen molar-refractivity contribution in [3.05, 3.63) is 82.9 Å². The van der Waals surface area contributed by atoms with Gasteiger partial charge in [-0.3, -0.25) is 19.4 Å². The molecule has 1 fully saturated rings. The molecule has 1 saturated heterocycles. The van der Waals surface area contributed by atoms with Crippen LogP contribution in [0.25, 0.3) is 6.08 Å². The number of benzene rings is 2. The summed E-state index contributed by atoms with van der Waals surface area (Å²) < 4.78 is 0. The van der Waals surface area contributed by atoms with Gasteiger partial charge in [0.1, 0.15) is 0 Å². The van der Waals surface area contributed by atoms with E-state index in [1.165, 1.54) is 49.2 Å². The lowest BCUT2D eigenvalue weighted by Gasteiger charge is -2.27. The topological polar surface area (TPSA) is 65.5 Å². The summed E-state index contributed by atoms with van der Waals surface area (Å²) in [7, 11) is 0. The van der Waals surface area contributed by atoms with E-state index >= 15 is 0 Å². The molecule has 2 aromatic carbocycles. The number of carbonyl (C=O) groups is 2. The van der Waals surface area contributed by atoms with E-state index in [1.807, 2.05) is 41.8 Å². The fourth-order valence-electron chi connectivity index (χ4n) is 4.10. The van der Waals surface area contributed by atoms with Gasteiger partial charge in [0.05, 0.1) is 11.4 Å². The highest BCUT2D eigenvalue weighted by Gasteiger charge is 2.17. The molecule has 2 heterocycles. The van der Waals surface area contributed by atoms with E-state index in [0.717, 1.165) is 30.9 Å². The zero-order valence-corrected chi connectivity index (χ0v) is 20.3. The van der Waals surface area contributed by atoms with Gasteiger partial charge >= 0.3 is 0 Å². The fraction of sp³-hybridized carbons (Fsp3) is 0.296. The Morgan fingerprint density at radius 3 is 2.47 bits per heavy atom. The fourth-order valence-corrected chi connectivity index (χ4v) is 4.96. The molecule has 34 heavy (non-hydrogen) atoms. The Kier molecular flexibility index (Phi) is 8.22. The number of carbonyl (C=O) groups excluding carboxylic acids is 2. The first-order valence-electron chi connectivity index (χ1n) is 11.7. The monoisotopic (exact) mass is 474 g/mol. The maximum absolute atomic E-state index is 12.5. The molecule has 0 aliphatic carbocycles. The molecule has 1 aliphatic rings. The molecule has 2 amide bonds. The third-order valence-corrected chi connectivity index (χ3v) is 6.69. The Morgan fingerprint density at radius 1 is 1.03 bits per heavy atom. The summed E-state index contributed by atoms with van der Waals surface area (Å²) in [5.41, 5.74) is 3.82. The van der Waals surface area contributed by atoms with Crippen molar-refractivity contribution in [3.8, 4) is 0 Å². The smallest absolute Gasteiger partial charge is 0.244 e. The van der Waals surface area contributed by atoms with Gasteiger partial charge in [0, 0.05) is 31.5 Å². The third-order valence-electron chi connectivity index (χ3n) is 5.85. The molecular weight excluding hydrogens is 444 g/mol. The molecule has 6 nitrogen and oxygen atoms in total. The summed E-state index contributed by atoms with van der Waals surface area (Å²) in [6, 6.07) is 17.7. The largest absolute Gasteiger partial charge is 0.348 e. The third kappa shape index (κ3) is 6.40. The molecule has 0 spiro atoms. The summed E-state index contributed by atoms with van der Waals surface area (Å²) in [5.74, 6) is -0.286. The first-order chi connectivity index (χ1) is 16.6. The lowest BCUT2D eigenvalue weighted by Crippen LogP contribution is -2.30. The minimum Gasteiger partial charge on any atom is -0.348 e. The lowest BCUT2D eigenvalue weighted by molar-refractivity contribution is -0.117. The number of nitrogens with one attached hydrogen (secondary N) is 1. The van der Waals surface area contributed by atoms with Crippen LogP contribution in [0.1, 0.15) is 43.0 Å². The van der Waals surface area contributed by atoms with Crippen LogP contribution in [0.4, 0.5) is 10.8 Å². The van der Waals surface area contributed by atoms with Crippen LogP contribution in [0.15, 0.2) is 66.1 Å². The van der Waals surface area contributed by atoms with Crippen LogP contribution in [0.3, 0.4) is 0 Å². The maximum atomic E-state index is 12.5. The molecule has 1 aliphatic heterocycles. The average Bonchev–Trinajstić information content (AvgIpc) is 3.32. The van der Waals surface area contributed by atoms with Gasteiger partial charge in [-0.1, -0.05) is 48.9 Å². The SMILES string of the molecule is CC(=O)N(c1ccccc1)c1nc(/C=C/C(=O)NCc2ccccc2CN2CCCCC2)cs1. The molecule has 7 heteroatoms. The molecule has 3 aromatic rings. The van der Waals surface area contributed by atoms with E-state index in [-0.39, 0.29) is 11.8 Å². The summed E-state index contributed by atoms with van der Waals surface area (Å²) in [6.45, 7) is 5.22. The average molecular weight is 475 g/mol. The van der Waals surface area contributed by atoms with Crippen LogP contribution in [-0.4, -0.2) is 34.8 Å². The van der Waals surface area contributed by atoms with E-state index in [1.54, 1.807) is 11.0 Å². The Hall–Kier alpha value is -3.29. The minimum atomic E-state index is -0.172. The van der Waals surface area contributed by atoms with Gasteiger partial charge in [-0.05, 0) is 55.3 Å². The number of hydrogen-bond acceptors (Lipinski definition) is 5. The molecule has 1 N–H and O–H groups in total. The van der Waals surface area contributed by atoms with Gasteiger partial charge in [-0.15, -0.1) is 11.3 Å². The molecule has 1 aromatic heterocycles. The van der Waals surface area contributed by atoms with Gasteiger partial charge in [-0.25, -0.2) is 4.98 Å². The van der Waals surface area contributed by atoms with Crippen LogP contribution in [0.2, 0.25) is 0 Å². The molecular formula is C27H30N4O2S. The number of para-hydroxylation sites is 1. The molecule has 0 bridgehead atoms. The number of rotatable bonds is 8. The van der Waals surface area contributed by atoms with Crippen molar-refractivity contribution in [1.82, 2.24) is 15.2 Å². The summed E-state index contributed by atoms with van der Waals surface area (Å²) >= 11 is 1.37. The van der Waals surface area contributed by atoms with E-state index < -0.39 is 0 Å². The predicted octanol–water partition coefficient (Wildman–Crippen LogP) is 5.14. The molecule has 0 atom stereocenters. The zero-order valence-electron chi connectivity index (χ0n) is 19.4. The van der Waals surface area contributed by atoms with Gasteiger partial charge in [0.15, 0.2) is 5.13 Å². The van der Waals surface area contributed by atoms with Gasteiger partial charge in [-0.2, -0.15) is 0 Å². The highest BCUT2D eigenvalue weighted by atomic mass is 32.1. The highest BCUT2D eigenvalue weighted by Crippen LogP contribution is 2.29. The van der Waals surface area contributed by atoms with Gasteiger partial charge < -0.3 is 5.32 Å². The van der Waals surface area contributed by atoms with Crippen LogP contribution in [-0.2, 0) is 22.7 Å². The molecule has 0 radical (unpaired) electrons. The summed E-state index contributed by atoms with van der Waals surface area (Å²) in [6.07, 6.45) is 7.01. The number of piperidine rings is 1. The van der Waals surface area contributed by atoms with Crippen LogP contribution >= 0.6 is 11.3 Å². The molecule has 0 unspecified atom stereocenters. The second kappa shape index (κ2) is 11.7. The van der Waals surface area contributed by atoms with Crippen LogP contribution in [0.5, 0.6) is 0 Å². The van der Waals surface area contributed by atoms with E-state index in [4.69, 9.17) is 0 Å². The highest BCUT2D eigenvalue weighted by molar-refractivity contribution is 7.14.